The lowest BCUT2D eigenvalue weighted by Crippen LogP contribution is -2.36. The third-order valence-corrected chi connectivity index (χ3v) is 5.04. The highest BCUT2D eigenvalue weighted by Gasteiger charge is 2.38. The van der Waals surface area contributed by atoms with E-state index in [2.05, 4.69) is 20.8 Å². The van der Waals surface area contributed by atoms with E-state index in [1.165, 1.54) is 51.4 Å². The van der Waals surface area contributed by atoms with E-state index < -0.39 is 0 Å². The predicted molar refractivity (Wildman–Crippen MR) is 70.5 cm³/mol. The number of rotatable bonds is 6. The van der Waals surface area contributed by atoms with Crippen molar-refractivity contribution in [1.82, 2.24) is 0 Å². The molecule has 1 nitrogen and oxygen atoms in total. The SMILES string of the molecule is CCCCC1CCC(CO)(C(C)CC)CC1. The van der Waals surface area contributed by atoms with Crippen molar-refractivity contribution >= 4 is 0 Å². The van der Waals surface area contributed by atoms with Crippen LogP contribution in [0.3, 0.4) is 0 Å². The molecule has 0 radical (unpaired) electrons. The van der Waals surface area contributed by atoms with E-state index in [0.717, 1.165) is 5.92 Å². The average molecular weight is 226 g/mol. The quantitative estimate of drug-likeness (QED) is 0.712. The number of hydrogen-bond donors (Lipinski definition) is 1. The lowest BCUT2D eigenvalue weighted by Gasteiger charge is -2.43. The average Bonchev–Trinajstić information content (AvgIpc) is 2.36. The fourth-order valence-electron chi connectivity index (χ4n) is 3.27. The minimum atomic E-state index is 0.261. The Labute approximate surface area is 102 Å². The zero-order chi connectivity index (χ0) is 12.0. The summed E-state index contributed by atoms with van der Waals surface area (Å²) in [6.45, 7) is 7.26. The van der Waals surface area contributed by atoms with Crippen LogP contribution in [0.25, 0.3) is 0 Å². The number of aliphatic hydroxyl groups is 1. The molecule has 1 unspecified atom stereocenters. The van der Waals surface area contributed by atoms with Crippen LogP contribution in [0.1, 0.15) is 72.1 Å². The van der Waals surface area contributed by atoms with E-state index in [9.17, 15) is 5.11 Å². The van der Waals surface area contributed by atoms with Gasteiger partial charge in [-0.3, -0.25) is 0 Å². The zero-order valence-corrected chi connectivity index (χ0v) is 11.5. The summed E-state index contributed by atoms with van der Waals surface area (Å²) in [6.07, 6.45) is 10.6. The molecule has 1 saturated carbocycles. The first kappa shape index (κ1) is 14.0. The summed E-state index contributed by atoms with van der Waals surface area (Å²) in [5.74, 6) is 1.63. The number of unbranched alkanes of at least 4 members (excludes halogenated alkanes) is 1. The standard InChI is InChI=1S/C15H30O/c1-4-6-7-14-8-10-15(12-16,11-9-14)13(3)5-2/h13-14,16H,4-12H2,1-3H3. The maximum Gasteiger partial charge on any atom is 0.0489 e. The van der Waals surface area contributed by atoms with E-state index in [1.807, 2.05) is 0 Å². The minimum Gasteiger partial charge on any atom is -0.396 e. The van der Waals surface area contributed by atoms with Crippen molar-refractivity contribution in [3.8, 4) is 0 Å². The fraction of sp³-hybridized carbons (Fsp3) is 1.00. The van der Waals surface area contributed by atoms with Crippen LogP contribution >= 0.6 is 0 Å². The van der Waals surface area contributed by atoms with Crippen LogP contribution in [0, 0.1) is 17.3 Å². The molecule has 1 heteroatoms. The first-order valence-corrected chi connectivity index (χ1v) is 7.29. The van der Waals surface area contributed by atoms with Gasteiger partial charge in [-0.2, -0.15) is 0 Å². The lowest BCUT2D eigenvalue weighted by molar-refractivity contribution is 0.0129. The van der Waals surface area contributed by atoms with Crippen LogP contribution < -0.4 is 0 Å². The zero-order valence-electron chi connectivity index (χ0n) is 11.5. The van der Waals surface area contributed by atoms with Gasteiger partial charge in [0.25, 0.3) is 0 Å². The Morgan fingerprint density at radius 3 is 2.31 bits per heavy atom. The molecule has 1 rings (SSSR count). The second-order valence-electron chi connectivity index (χ2n) is 5.92. The van der Waals surface area contributed by atoms with Crippen LogP contribution in [0.4, 0.5) is 0 Å². The van der Waals surface area contributed by atoms with E-state index in [1.54, 1.807) is 0 Å². The van der Waals surface area contributed by atoms with Gasteiger partial charge in [-0.15, -0.1) is 0 Å². The highest BCUT2D eigenvalue weighted by Crippen LogP contribution is 2.46. The van der Waals surface area contributed by atoms with Gasteiger partial charge in [-0.1, -0.05) is 46.5 Å². The van der Waals surface area contributed by atoms with Crippen molar-refractivity contribution in [2.24, 2.45) is 17.3 Å². The van der Waals surface area contributed by atoms with Crippen LogP contribution in [0.15, 0.2) is 0 Å². The monoisotopic (exact) mass is 226 g/mol. The Kier molecular flexibility index (Phi) is 5.82. The van der Waals surface area contributed by atoms with E-state index in [4.69, 9.17) is 0 Å². The summed E-state index contributed by atoms with van der Waals surface area (Å²) in [5.41, 5.74) is 0.261. The molecule has 1 atom stereocenters. The van der Waals surface area contributed by atoms with Crippen molar-refractivity contribution in [3.63, 3.8) is 0 Å². The Morgan fingerprint density at radius 1 is 1.25 bits per heavy atom. The molecular formula is C15H30O. The topological polar surface area (TPSA) is 20.2 Å². The molecule has 1 N–H and O–H groups in total. The Bertz CT molecular complexity index is 180. The van der Waals surface area contributed by atoms with Gasteiger partial charge in [0.1, 0.15) is 0 Å². The molecule has 0 aromatic heterocycles. The van der Waals surface area contributed by atoms with Crippen molar-refractivity contribution in [2.75, 3.05) is 6.61 Å². The third-order valence-electron chi connectivity index (χ3n) is 5.04. The normalized spacial score (nSPS) is 32.6. The first-order chi connectivity index (χ1) is 7.68. The molecule has 1 aliphatic carbocycles. The molecule has 0 aromatic carbocycles. The summed E-state index contributed by atoms with van der Waals surface area (Å²) < 4.78 is 0. The van der Waals surface area contributed by atoms with E-state index in [-0.39, 0.29) is 5.41 Å². The largest absolute Gasteiger partial charge is 0.396 e. The van der Waals surface area contributed by atoms with E-state index in [0.29, 0.717) is 12.5 Å². The summed E-state index contributed by atoms with van der Waals surface area (Å²) in [5, 5.41) is 9.71. The summed E-state index contributed by atoms with van der Waals surface area (Å²) >= 11 is 0. The summed E-state index contributed by atoms with van der Waals surface area (Å²) in [6, 6.07) is 0. The van der Waals surface area contributed by atoms with Crippen molar-refractivity contribution < 1.29 is 5.11 Å². The third kappa shape index (κ3) is 3.23. The van der Waals surface area contributed by atoms with Crippen LogP contribution in [0.5, 0.6) is 0 Å². The number of aliphatic hydroxyl groups excluding tert-OH is 1. The molecule has 0 aliphatic heterocycles. The van der Waals surface area contributed by atoms with E-state index >= 15 is 0 Å². The maximum absolute atomic E-state index is 9.71. The van der Waals surface area contributed by atoms with Gasteiger partial charge < -0.3 is 5.11 Å². The Morgan fingerprint density at radius 2 is 1.88 bits per heavy atom. The van der Waals surface area contributed by atoms with Crippen LogP contribution in [-0.2, 0) is 0 Å². The minimum absolute atomic E-state index is 0.261. The first-order valence-electron chi connectivity index (χ1n) is 7.29. The highest BCUT2D eigenvalue weighted by atomic mass is 16.3. The molecule has 96 valence electrons. The van der Waals surface area contributed by atoms with Crippen molar-refractivity contribution in [2.45, 2.75) is 72.1 Å². The second kappa shape index (κ2) is 6.64. The van der Waals surface area contributed by atoms with Crippen LogP contribution in [0.2, 0.25) is 0 Å². The molecular weight excluding hydrogens is 196 g/mol. The molecule has 1 fully saturated rings. The predicted octanol–water partition coefficient (Wildman–Crippen LogP) is 4.39. The smallest absolute Gasteiger partial charge is 0.0489 e. The Balaban J connectivity index is 2.44. The van der Waals surface area contributed by atoms with Gasteiger partial charge in [0.2, 0.25) is 0 Å². The summed E-state index contributed by atoms with van der Waals surface area (Å²) in [4.78, 5) is 0. The maximum atomic E-state index is 9.71. The van der Waals surface area contributed by atoms with Gasteiger partial charge in [-0.25, -0.2) is 0 Å². The van der Waals surface area contributed by atoms with Gasteiger partial charge >= 0.3 is 0 Å². The summed E-state index contributed by atoms with van der Waals surface area (Å²) in [7, 11) is 0. The van der Waals surface area contributed by atoms with Gasteiger partial charge in [-0.05, 0) is 42.9 Å². The van der Waals surface area contributed by atoms with Gasteiger partial charge in [0, 0.05) is 6.61 Å². The van der Waals surface area contributed by atoms with Gasteiger partial charge in [0.15, 0.2) is 0 Å². The molecule has 0 aromatic rings. The highest BCUT2D eigenvalue weighted by molar-refractivity contribution is 4.88. The molecule has 0 saturated heterocycles. The van der Waals surface area contributed by atoms with Crippen molar-refractivity contribution in [3.05, 3.63) is 0 Å². The molecule has 1 aliphatic rings. The van der Waals surface area contributed by atoms with Gasteiger partial charge in [0.05, 0.1) is 0 Å². The Hall–Kier alpha value is -0.0400. The second-order valence-corrected chi connectivity index (χ2v) is 5.92. The molecule has 0 spiro atoms. The fourth-order valence-corrected chi connectivity index (χ4v) is 3.27. The molecule has 0 heterocycles. The molecule has 0 bridgehead atoms. The number of hydrogen-bond acceptors (Lipinski definition) is 1. The lowest BCUT2D eigenvalue weighted by atomic mass is 9.63. The molecule has 16 heavy (non-hydrogen) atoms. The van der Waals surface area contributed by atoms with Crippen molar-refractivity contribution in [1.29, 1.82) is 0 Å². The molecule has 0 amide bonds. The van der Waals surface area contributed by atoms with Crippen LogP contribution in [-0.4, -0.2) is 11.7 Å².